The summed E-state index contributed by atoms with van der Waals surface area (Å²) in [6.07, 6.45) is 0. The van der Waals surface area contributed by atoms with Gasteiger partial charge in [-0.3, -0.25) is 14.9 Å². The fourth-order valence-corrected chi connectivity index (χ4v) is 7.83. The highest BCUT2D eigenvalue weighted by Gasteiger charge is 2.33. The van der Waals surface area contributed by atoms with Gasteiger partial charge in [0.2, 0.25) is 0 Å². The SMILES string of the molecule is Br.COC(=O)c1cccc(OC)c1C(=O)OC.COc1cccc(C(=O)O)c1C(=O)O.COc1cccc2c1C(=O)NC2=O.COc1cccc2c1C(=O)OC2=O.COc1cccc2c1CNC2.Oc1cccc2c1CNC2.[B]. The molecule has 4 aliphatic heterocycles. The van der Waals surface area contributed by atoms with Crippen LogP contribution in [0.4, 0.5) is 0 Å². The molecule has 0 saturated carbocycles. The number of esters is 4. The molecule has 0 saturated heterocycles. The molecular weight excluding hydrogens is 1100 g/mol. The predicted octanol–water partition coefficient (Wildman–Crippen LogP) is 6.44. The van der Waals surface area contributed by atoms with Crippen LogP contribution in [0.5, 0.6) is 34.5 Å². The Kier molecular flexibility index (Phi) is 24.7. The number of benzene rings is 6. The van der Waals surface area contributed by atoms with E-state index in [9.17, 15) is 43.5 Å². The number of aromatic carboxylic acids is 2. The van der Waals surface area contributed by atoms with E-state index in [1.54, 1.807) is 55.6 Å². The lowest BCUT2D eigenvalue weighted by atomic mass is 10.1. The lowest BCUT2D eigenvalue weighted by molar-refractivity contribution is 0.0439. The number of aromatic hydroxyl groups is 1. The predicted molar refractivity (Wildman–Crippen MR) is 288 cm³/mol. The van der Waals surface area contributed by atoms with Gasteiger partial charge in [0.25, 0.3) is 11.8 Å². The maximum absolute atomic E-state index is 11.5. The number of ether oxygens (including phenoxy) is 8. The highest BCUT2D eigenvalue weighted by molar-refractivity contribution is 8.93. The van der Waals surface area contributed by atoms with Crippen LogP contribution in [0.3, 0.4) is 0 Å². The minimum Gasteiger partial charge on any atom is -0.508 e. The van der Waals surface area contributed by atoms with Crippen LogP contribution in [0.25, 0.3) is 0 Å². The van der Waals surface area contributed by atoms with Crippen LogP contribution in [0.2, 0.25) is 0 Å². The third-order valence-corrected chi connectivity index (χ3v) is 11.5. The molecule has 0 aliphatic carbocycles. The molecule has 4 aliphatic rings. The summed E-state index contributed by atoms with van der Waals surface area (Å²) in [5.74, 6) is -3.33. The summed E-state index contributed by atoms with van der Waals surface area (Å²) in [5, 5.41) is 35.4. The zero-order valence-corrected chi connectivity index (χ0v) is 45.3. The molecule has 10 rings (SSSR count). The number of amides is 2. The van der Waals surface area contributed by atoms with Crippen molar-refractivity contribution in [2.24, 2.45) is 0 Å². The second-order valence-corrected chi connectivity index (χ2v) is 15.8. The Morgan fingerprint density at radius 3 is 1.46 bits per heavy atom. The number of methoxy groups -OCH3 is 7. The molecule has 0 fully saturated rings. The summed E-state index contributed by atoms with van der Waals surface area (Å²) < 4.78 is 38.4. The van der Waals surface area contributed by atoms with E-state index in [1.165, 1.54) is 89.7 Å². The number of carboxylic acids is 2. The Bertz CT molecular complexity index is 3150. The third kappa shape index (κ3) is 15.5. The largest absolute Gasteiger partial charge is 0.508 e. The second-order valence-electron chi connectivity index (χ2n) is 15.8. The second kappa shape index (κ2) is 30.5. The normalized spacial score (nSPS) is 12.1. The van der Waals surface area contributed by atoms with Gasteiger partial charge in [-0.2, -0.15) is 0 Å². The van der Waals surface area contributed by atoms with Crippen molar-refractivity contribution < 1.29 is 91.6 Å². The van der Waals surface area contributed by atoms with E-state index in [4.69, 9.17) is 33.9 Å². The first kappa shape index (κ1) is 64.0. The van der Waals surface area contributed by atoms with Crippen molar-refractivity contribution in [2.75, 3.05) is 49.8 Å². The first-order chi connectivity index (χ1) is 37.0. The fourth-order valence-electron chi connectivity index (χ4n) is 7.83. The van der Waals surface area contributed by atoms with Crippen molar-refractivity contribution in [1.82, 2.24) is 16.0 Å². The van der Waals surface area contributed by atoms with Gasteiger partial charge in [-0.15, -0.1) is 17.0 Å². The molecule has 4 heterocycles. The quantitative estimate of drug-likeness (QED) is 0.0298. The third-order valence-electron chi connectivity index (χ3n) is 11.5. The van der Waals surface area contributed by atoms with E-state index in [-0.39, 0.29) is 76.2 Å². The standard InChI is InChI=1S/C11H12O5.C9H7NO3.C9H11NO.C9H8O5.C9H6O4.C8H9NO.B.BrH/c1-14-8-6-4-5-7(10(12)15-2)9(8)11(13)16-3;1-13-6-4-2-3-5-7(6)9(12)10-8(5)11;1-11-9-4-2-3-7-5-10-6-8(7)9;1-14-6-4-2-3-5(8(10)11)7(6)9(12)13;1-12-6-4-2-3-5-7(6)9(11)13-8(5)10;10-8-3-1-2-6-4-9-5-7(6)8;;/h4-6H,1-3H3;2-4H,1H3,(H,10,11,12);2-4,10H,5-6H2,1H3;2-4H,1H3,(H,10,11)(H,12,13);2-4H,1H3;1-3,9-10H,4-5H2;;1H. The Morgan fingerprint density at radius 1 is 0.468 bits per heavy atom. The summed E-state index contributed by atoms with van der Waals surface area (Å²) >= 11 is 0. The maximum atomic E-state index is 11.5. The Balaban J connectivity index is 0.000000249. The first-order valence-electron chi connectivity index (χ1n) is 22.8. The number of carbonyl (C=O) groups is 8. The van der Waals surface area contributed by atoms with Crippen LogP contribution in [0.15, 0.2) is 109 Å². The summed E-state index contributed by atoms with van der Waals surface area (Å²) in [5.41, 5.74) is 5.73. The molecule has 2 amide bonds. The van der Waals surface area contributed by atoms with E-state index in [0.717, 1.165) is 37.5 Å². The molecule has 24 heteroatoms. The number of phenolic OH excluding ortho intramolecular Hbond substituents is 1. The summed E-state index contributed by atoms with van der Waals surface area (Å²) in [6.45, 7) is 3.62. The van der Waals surface area contributed by atoms with Gasteiger partial charge in [-0.25, -0.2) is 28.8 Å². The van der Waals surface area contributed by atoms with E-state index in [1.807, 2.05) is 24.3 Å². The molecule has 79 heavy (non-hydrogen) atoms. The van der Waals surface area contributed by atoms with Crippen LogP contribution < -0.4 is 39.6 Å². The Hall–Kier alpha value is -9.26. The van der Waals surface area contributed by atoms with Gasteiger partial charge >= 0.3 is 35.8 Å². The number of fused-ring (bicyclic) bond motifs is 4. The number of carboxylic acid groups (broad SMARTS) is 2. The van der Waals surface area contributed by atoms with Gasteiger partial charge < -0.3 is 63.8 Å². The molecule has 22 nitrogen and oxygen atoms in total. The number of rotatable bonds is 9. The Labute approximate surface area is 465 Å². The molecule has 3 radical (unpaired) electrons. The number of hydrogen-bond donors (Lipinski definition) is 6. The molecule has 0 atom stereocenters. The minimum atomic E-state index is -1.32. The summed E-state index contributed by atoms with van der Waals surface area (Å²) in [4.78, 5) is 89.0. The van der Waals surface area contributed by atoms with Crippen LogP contribution in [-0.4, -0.2) is 121 Å². The van der Waals surface area contributed by atoms with Crippen molar-refractivity contribution in [1.29, 1.82) is 0 Å². The molecular formula is C55H54BBrN3O19. The number of halogens is 1. The average molecular weight is 1150 g/mol. The van der Waals surface area contributed by atoms with Gasteiger partial charge in [-0.05, 0) is 71.8 Å². The van der Waals surface area contributed by atoms with Crippen molar-refractivity contribution in [3.05, 3.63) is 176 Å². The number of hydrogen-bond acceptors (Lipinski definition) is 19. The number of nitrogens with one attached hydrogen (secondary N) is 3. The van der Waals surface area contributed by atoms with Crippen LogP contribution in [-0.2, 0) is 40.4 Å². The topological polar surface area (TPSA) is 307 Å². The lowest BCUT2D eigenvalue weighted by Crippen LogP contribution is -2.20. The zero-order valence-electron chi connectivity index (χ0n) is 43.6. The van der Waals surface area contributed by atoms with E-state index in [2.05, 4.69) is 36.2 Å². The van der Waals surface area contributed by atoms with Crippen molar-refractivity contribution in [3.63, 3.8) is 0 Å². The molecule has 0 aromatic heterocycles. The highest BCUT2D eigenvalue weighted by atomic mass is 79.9. The van der Waals surface area contributed by atoms with E-state index < -0.39 is 41.7 Å². The fraction of sp³-hybridized carbons (Fsp3) is 0.200. The first-order valence-corrected chi connectivity index (χ1v) is 22.8. The Morgan fingerprint density at radius 2 is 0.924 bits per heavy atom. The van der Waals surface area contributed by atoms with Gasteiger partial charge in [0.15, 0.2) is 0 Å². The minimum absolute atomic E-state index is 0. The van der Waals surface area contributed by atoms with Gasteiger partial charge in [0.05, 0.1) is 77.6 Å². The number of imide groups is 1. The van der Waals surface area contributed by atoms with Gasteiger partial charge in [0, 0.05) is 45.7 Å². The highest BCUT2D eigenvalue weighted by Crippen LogP contribution is 2.30. The lowest BCUT2D eigenvalue weighted by Gasteiger charge is -2.10. The van der Waals surface area contributed by atoms with Crippen molar-refractivity contribution in [3.8, 4) is 34.5 Å². The molecule has 0 bridgehead atoms. The summed E-state index contributed by atoms with van der Waals surface area (Å²) in [6, 6.07) is 30.2. The molecule has 413 valence electrons. The number of cyclic esters (lactones) is 2. The molecule has 6 N–H and O–H groups in total. The van der Waals surface area contributed by atoms with Gasteiger partial charge in [0.1, 0.15) is 51.2 Å². The van der Waals surface area contributed by atoms with E-state index >= 15 is 0 Å². The van der Waals surface area contributed by atoms with Gasteiger partial charge in [-0.1, -0.05) is 48.5 Å². The van der Waals surface area contributed by atoms with Crippen molar-refractivity contribution >= 4 is 73.0 Å². The molecule has 6 aromatic carbocycles. The zero-order chi connectivity index (χ0) is 56.3. The van der Waals surface area contributed by atoms with Crippen LogP contribution in [0.1, 0.15) is 105 Å². The molecule has 0 spiro atoms. The maximum Gasteiger partial charge on any atom is 0.350 e. The average Bonchev–Trinajstić information content (AvgIpc) is 4.30. The van der Waals surface area contributed by atoms with E-state index in [0.29, 0.717) is 28.4 Å². The summed E-state index contributed by atoms with van der Waals surface area (Å²) in [7, 11) is 9.78. The smallest absolute Gasteiger partial charge is 0.350 e. The molecule has 6 aromatic rings. The van der Waals surface area contributed by atoms with Crippen LogP contribution >= 0.6 is 17.0 Å². The van der Waals surface area contributed by atoms with Crippen molar-refractivity contribution in [2.45, 2.75) is 26.2 Å². The monoisotopic (exact) mass is 1150 g/mol. The number of carbonyl (C=O) groups excluding carboxylic acids is 6. The number of phenols is 1. The molecule has 0 unspecified atom stereocenters. The van der Waals surface area contributed by atoms with Crippen LogP contribution in [0, 0.1) is 0 Å².